The van der Waals surface area contributed by atoms with Gasteiger partial charge in [0.1, 0.15) is 23.7 Å². The zero-order valence-corrected chi connectivity index (χ0v) is 15.7. The standard InChI is InChI=1S/C20H27N3O3/c1-4-25-20(24)18-14(3)19(23-12-22-18)21-11-15-6-5-7-16(10-15)17-9-8-13(2)26-17/h8-9,12,15-16H,4-7,10-11H2,1-3H3,(H,21,22,23). The van der Waals surface area contributed by atoms with Gasteiger partial charge >= 0.3 is 5.97 Å². The van der Waals surface area contributed by atoms with E-state index in [1.807, 2.05) is 19.9 Å². The number of aryl methyl sites for hydroxylation is 1. The molecule has 1 aliphatic rings. The van der Waals surface area contributed by atoms with E-state index in [2.05, 4.69) is 21.4 Å². The van der Waals surface area contributed by atoms with Crippen molar-refractivity contribution < 1.29 is 13.9 Å². The van der Waals surface area contributed by atoms with Crippen LogP contribution in [0.5, 0.6) is 0 Å². The summed E-state index contributed by atoms with van der Waals surface area (Å²) in [5, 5.41) is 3.41. The second-order valence-corrected chi connectivity index (χ2v) is 6.98. The van der Waals surface area contributed by atoms with Gasteiger partial charge in [-0.25, -0.2) is 14.8 Å². The van der Waals surface area contributed by atoms with E-state index in [-0.39, 0.29) is 0 Å². The van der Waals surface area contributed by atoms with Gasteiger partial charge in [0.2, 0.25) is 0 Å². The molecule has 0 saturated heterocycles. The van der Waals surface area contributed by atoms with Crippen LogP contribution in [0.2, 0.25) is 0 Å². The summed E-state index contributed by atoms with van der Waals surface area (Å²) in [5.41, 5.74) is 1.07. The fraction of sp³-hybridized carbons (Fsp3) is 0.550. The molecule has 2 aromatic heterocycles. The molecule has 140 valence electrons. The van der Waals surface area contributed by atoms with E-state index in [0.717, 1.165) is 30.0 Å². The first-order valence-corrected chi connectivity index (χ1v) is 9.37. The molecule has 2 aromatic rings. The highest BCUT2D eigenvalue weighted by Gasteiger charge is 2.25. The SMILES string of the molecule is CCOC(=O)c1ncnc(NCC2CCCC(c3ccc(C)o3)C2)c1C. The van der Waals surface area contributed by atoms with Crippen molar-refractivity contribution in [2.75, 3.05) is 18.5 Å². The van der Waals surface area contributed by atoms with Crippen LogP contribution in [-0.4, -0.2) is 29.1 Å². The molecule has 2 unspecified atom stereocenters. The third-order valence-corrected chi connectivity index (χ3v) is 5.06. The molecule has 1 fully saturated rings. The van der Waals surface area contributed by atoms with Gasteiger partial charge in [0.15, 0.2) is 5.69 Å². The molecule has 3 rings (SSSR count). The topological polar surface area (TPSA) is 77.2 Å². The summed E-state index contributed by atoms with van der Waals surface area (Å²) in [7, 11) is 0. The number of carbonyl (C=O) groups excluding carboxylic acids is 1. The van der Waals surface area contributed by atoms with Gasteiger partial charge in [0, 0.05) is 18.0 Å². The van der Waals surface area contributed by atoms with Gasteiger partial charge in [-0.15, -0.1) is 0 Å². The summed E-state index contributed by atoms with van der Waals surface area (Å²) >= 11 is 0. The van der Waals surface area contributed by atoms with Crippen LogP contribution in [0.15, 0.2) is 22.9 Å². The summed E-state index contributed by atoms with van der Waals surface area (Å²) in [4.78, 5) is 20.3. The third-order valence-electron chi connectivity index (χ3n) is 5.06. The molecule has 1 saturated carbocycles. The van der Waals surface area contributed by atoms with Gasteiger partial charge in [-0.3, -0.25) is 0 Å². The molecular weight excluding hydrogens is 330 g/mol. The maximum absolute atomic E-state index is 12.0. The Hall–Kier alpha value is -2.37. The Morgan fingerprint density at radius 3 is 2.88 bits per heavy atom. The van der Waals surface area contributed by atoms with E-state index in [4.69, 9.17) is 9.15 Å². The fourth-order valence-corrected chi connectivity index (χ4v) is 3.68. The van der Waals surface area contributed by atoms with Crippen LogP contribution in [0.3, 0.4) is 0 Å². The lowest BCUT2D eigenvalue weighted by atomic mass is 9.80. The van der Waals surface area contributed by atoms with E-state index in [1.54, 1.807) is 6.92 Å². The normalized spacial score (nSPS) is 20.0. The highest BCUT2D eigenvalue weighted by molar-refractivity contribution is 5.90. The first kappa shape index (κ1) is 18.4. The second kappa shape index (κ2) is 8.34. The lowest BCUT2D eigenvalue weighted by molar-refractivity contribution is 0.0518. The number of nitrogens with zero attached hydrogens (tertiary/aromatic N) is 2. The highest BCUT2D eigenvalue weighted by atomic mass is 16.5. The van der Waals surface area contributed by atoms with Gasteiger partial charge in [-0.1, -0.05) is 6.42 Å². The molecule has 0 bridgehead atoms. The fourth-order valence-electron chi connectivity index (χ4n) is 3.68. The van der Waals surface area contributed by atoms with Crippen LogP contribution in [0, 0.1) is 19.8 Å². The Balaban J connectivity index is 1.62. The molecule has 6 heteroatoms. The maximum Gasteiger partial charge on any atom is 0.357 e. The molecule has 2 atom stereocenters. The van der Waals surface area contributed by atoms with Gasteiger partial charge in [-0.05, 0) is 58.1 Å². The molecule has 0 aliphatic heterocycles. The average Bonchev–Trinajstić information content (AvgIpc) is 3.08. The maximum atomic E-state index is 12.0. The van der Waals surface area contributed by atoms with Crippen molar-refractivity contribution in [3.8, 4) is 0 Å². The van der Waals surface area contributed by atoms with Crippen LogP contribution in [0.25, 0.3) is 0 Å². The Kier molecular flexibility index (Phi) is 5.91. The third kappa shape index (κ3) is 4.23. The van der Waals surface area contributed by atoms with Crippen molar-refractivity contribution in [2.24, 2.45) is 5.92 Å². The van der Waals surface area contributed by atoms with Gasteiger partial charge < -0.3 is 14.5 Å². The lowest BCUT2D eigenvalue weighted by Crippen LogP contribution is -2.22. The highest BCUT2D eigenvalue weighted by Crippen LogP contribution is 2.37. The quantitative estimate of drug-likeness (QED) is 0.779. The second-order valence-electron chi connectivity index (χ2n) is 6.98. The van der Waals surface area contributed by atoms with Crippen molar-refractivity contribution in [3.05, 3.63) is 41.2 Å². The van der Waals surface area contributed by atoms with Crippen LogP contribution < -0.4 is 5.32 Å². The Morgan fingerprint density at radius 1 is 1.31 bits per heavy atom. The minimum atomic E-state index is -0.402. The molecule has 0 aromatic carbocycles. The number of carbonyl (C=O) groups is 1. The number of esters is 1. The van der Waals surface area contributed by atoms with Crippen molar-refractivity contribution in [1.82, 2.24) is 9.97 Å². The summed E-state index contributed by atoms with van der Waals surface area (Å²) in [5.74, 6) is 3.43. The van der Waals surface area contributed by atoms with Crippen molar-refractivity contribution in [3.63, 3.8) is 0 Å². The number of hydrogen-bond donors (Lipinski definition) is 1. The van der Waals surface area contributed by atoms with Crippen LogP contribution in [0.1, 0.15) is 66.1 Å². The van der Waals surface area contributed by atoms with Gasteiger partial charge in [0.05, 0.1) is 6.61 Å². The zero-order valence-electron chi connectivity index (χ0n) is 15.7. The van der Waals surface area contributed by atoms with Crippen LogP contribution in [-0.2, 0) is 4.74 Å². The predicted octanol–water partition coefficient (Wildman–Crippen LogP) is 4.25. The first-order valence-electron chi connectivity index (χ1n) is 9.37. The van der Waals surface area contributed by atoms with Crippen LogP contribution in [0.4, 0.5) is 5.82 Å². The summed E-state index contributed by atoms with van der Waals surface area (Å²) in [6, 6.07) is 4.15. The number of ether oxygens (including phenoxy) is 1. The molecular formula is C20H27N3O3. The number of rotatable bonds is 6. The molecule has 26 heavy (non-hydrogen) atoms. The van der Waals surface area contributed by atoms with E-state index in [0.29, 0.717) is 30.0 Å². The molecule has 0 radical (unpaired) electrons. The number of aromatic nitrogens is 2. The zero-order chi connectivity index (χ0) is 18.5. The molecule has 1 aliphatic carbocycles. The molecule has 2 heterocycles. The van der Waals surface area contributed by atoms with Crippen molar-refractivity contribution in [2.45, 2.75) is 52.4 Å². The Morgan fingerprint density at radius 2 is 2.15 bits per heavy atom. The number of hydrogen-bond acceptors (Lipinski definition) is 6. The summed E-state index contributed by atoms with van der Waals surface area (Å²) < 4.78 is 10.9. The van der Waals surface area contributed by atoms with Crippen molar-refractivity contribution >= 4 is 11.8 Å². The molecule has 0 spiro atoms. The largest absolute Gasteiger partial charge is 0.466 e. The van der Waals surface area contributed by atoms with E-state index in [9.17, 15) is 4.79 Å². The Labute approximate surface area is 154 Å². The van der Waals surface area contributed by atoms with Gasteiger partial charge in [0.25, 0.3) is 0 Å². The summed E-state index contributed by atoms with van der Waals surface area (Å²) in [6.45, 7) is 6.79. The summed E-state index contributed by atoms with van der Waals surface area (Å²) in [6.07, 6.45) is 6.10. The van der Waals surface area contributed by atoms with E-state index < -0.39 is 5.97 Å². The minimum absolute atomic E-state index is 0.330. The number of anilines is 1. The predicted molar refractivity (Wildman–Crippen MR) is 99.4 cm³/mol. The number of furan rings is 1. The minimum Gasteiger partial charge on any atom is -0.466 e. The monoisotopic (exact) mass is 357 g/mol. The molecule has 6 nitrogen and oxygen atoms in total. The first-order chi connectivity index (χ1) is 12.6. The molecule has 1 N–H and O–H groups in total. The Bertz CT molecular complexity index is 757. The molecule has 0 amide bonds. The van der Waals surface area contributed by atoms with Gasteiger partial charge in [-0.2, -0.15) is 0 Å². The average molecular weight is 357 g/mol. The van der Waals surface area contributed by atoms with Crippen molar-refractivity contribution in [1.29, 1.82) is 0 Å². The van der Waals surface area contributed by atoms with E-state index >= 15 is 0 Å². The van der Waals surface area contributed by atoms with E-state index in [1.165, 1.54) is 25.6 Å². The lowest BCUT2D eigenvalue weighted by Gasteiger charge is -2.28. The number of nitrogens with one attached hydrogen (secondary N) is 1. The smallest absolute Gasteiger partial charge is 0.357 e. The van der Waals surface area contributed by atoms with Crippen LogP contribution >= 0.6 is 0 Å².